The highest BCUT2D eigenvalue weighted by atomic mass is 35.5. The summed E-state index contributed by atoms with van der Waals surface area (Å²) in [6, 6.07) is 15.4. The fourth-order valence-electron chi connectivity index (χ4n) is 1.53. The maximum Gasteiger partial charge on any atom is 0.150 e. The quantitative estimate of drug-likeness (QED) is 0.872. The van der Waals surface area contributed by atoms with Gasteiger partial charge in [-0.25, -0.2) is 0 Å². The van der Waals surface area contributed by atoms with Crippen molar-refractivity contribution in [3.05, 3.63) is 48.5 Å². The molecule has 0 atom stereocenters. The Kier molecular flexibility index (Phi) is 7.12. The minimum absolute atomic E-state index is 0. The average molecular weight is 301 g/mol. The van der Waals surface area contributed by atoms with Crippen LogP contribution in [0.3, 0.4) is 0 Å². The van der Waals surface area contributed by atoms with E-state index in [1.165, 1.54) is 0 Å². The van der Waals surface area contributed by atoms with Crippen LogP contribution in [-0.4, -0.2) is 14.1 Å². The lowest BCUT2D eigenvalue weighted by Crippen LogP contribution is -2.08. The number of ether oxygens (including phenoxy) is 1. The molecule has 0 saturated carbocycles. The van der Waals surface area contributed by atoms with E-state index >= 15 is 0 Å². The van der Waals surface area contributed by atoms with Crippen LogP contribution in [0.5, 0.6) is 11.5 Å². The van der Waals surface area contributed by atoms with Gasteiger partial charge in [0.05, 0.1) is 5.69 Å². The molecule has 0 fully saturated rings. The Morgan fingerprint density at radius 2 is 1.63 bits per heavy atom. The lowest BCUT2D eigenvalue weighted by molar-refractivity contribution is 0.485. The predicted molar refractivity (Wildman–Crippen MR) is 86.2 cm³/mol. The van der Waals surface area contributed by atoms with Gasteiger partial charge in [0.15, 0.2) is 0 Å². The second-order valence-electron chi connectivity index (χ2n) is 4.03. The molecule has 0 aliphatic carbocycles. The summed E-state index contributed by atoms with van der Waals surface area (Å²) in [7, 11) is 3.99. The van der Waals surface area contributed by atoms with Gasteiger partial charge in [-0.2, -0.15) is 0 Å². The van der Waals surface area contributed by atoms with Crippen molar-refractivity contribution in [3.63, 3.8) is 0 Å². The Balaban J connectivity index is 0.00000162. The zero-order chi connectivity index (χ0) is 12.3. The van der Waals surface area contributed by atoms with E-state index in [0.29, 0.717) is 11.4 Å². The van der Waals surface area contributed by atoms with Gasteiger partial charge in [0.1, 0.15) is 11.5 Å². The fraction of sp³-hybridized carbons (Fsp3) is 0.143. The van der Waals surface area contributed by atoms with Gasteiger partial charge in [0.2, 0.25) is 0 Å². The number of hydrogen-bond acceptors (Lipinski definition) is 3. The molecule has 0 aliphatic heterocycles. The molecule has 104 valence electrons. The van der Waals surface area contributed by atoms with Gasteiger partial charge in [-0.1, -0.05) is 18.2 Å². The normalized spacial score (nSPS) is 8.95. The van der Waals surface area contributed by atoms with Gasteiger partial charge < -0.3 is 15.4 Å². The zero-order valence-electron chi connectivity index (χ0n) is 10.9. The molecular formula is C14H18Cl2N2O. The van der Waals surface area contributed by atoms with Crippen molar-refractivity contribution in [2.45, 2.75) is 0 Å². The Hall–Kier alpha value is -1.58. The molecule has 0 aromatic heterocycles. The van der Waals surface area contributed by atoms with Crippen molar-refractivity contribution in [1.82, 2.24) is 0 Å². The third-order valence-electron chi connectivity index (χ3n) is 2.48. The average Bonchev–Trinajstić information content (AvgIpc) is 2.32. The van der Waals surface area contributed by atoms with E-state index < -0.39 is 0 Å². The van der Waals surface area contributed by atoms with E-state index in [1.54, 1.807) is 0 Å². The molecule has 0 amide bonds. The van der Waals surface area contributed by atoms with Gasteiger partial charge in [-0.15, -0.1) is 24.8 Å². The van der Waals surface area contributed by atoms with Crippen molar-refractivity contribution < 1.29 is 4.74 Å². The number of nitrogens with zero attached hydrogens (tertiary/aromatic N) is 1. The third-order valence-corrected chi connectivity index (χ3v) is 2.48. The lowest BCUT2D eigenvalue weighted by Gasteiger charge is -2.14. The highest BCUT2D eigenvalue weighted by Gasteiger charge is 2.02. The fourth-order valence-corrected chi connectivity index (χ4v) is 1.53. The monoisotopic (exact) mass is 300 g/mol. The first-order valence-electron chi connectivity index (χ1n) is 5.46. The molecule has 0 bridgehead atoms. The molecule has 0 unspecified atom stereocenters. The summed E-state index contributed by atoms with van der Waals surface area (Å²) >= 11 is 0. The van der Waals surface area contributed by atoms with Crippen molar-refractivity contribution >= 4 is 36.2 Å². The van der Waals surface area contributed by atoms with Crippen LogP contribution < -0.4 is 15.4 Å². The number of anilines is 2. The molecule has 2 aromatic rings. The second-order valence-corrected chi connectivity index (χ2v) is 4.03. The molecule has 2 aromatic carbocycles. The molecule has 3 nitrogen and oxygen atoms in total. The highest BCUT2D eigenvalue weighted by molar-refractivity contribution is 5.85. The van der Waals surface area contributed by atoms with Gasteiger partial charge in [0.25, 0.3) is 0 Å². The number of halogens is 2. The molecule has 0 saturated heterocycles. The summed E-state index contributed by atoms with van der Waals surface area (Å²) in [5, 5.41) is 0. The van der Waals surface area contributed by atoms with E-state index in [9.17, 15) is 0 Å². The summed E-state index contributed by atoms with van der Waals surface area (Å²) in [5.41, 5.74) is 7.57. The molecular weight excluding hydrogens is 283 g/mol. The van der Waals surface area contributed by atoms with Crippen LogP contribution in [0, 0.1) is 0 Å². The molecule has 0 radical (unpaired) electrons. The van der Waals surface area contributed by atoms with Crippen molar-refractivity contribution in [2.24, 2.45) is 0 Å². The van der Waals surface area contributed by atoms with E-state index in [4.69, 9.17) is 10.5 Å². The summed E-state index contributed by atoms with van der Waals surface area (Å²) < 4.78 is 5.75. The topological polar surface area (TPSA) is 38.5 Å². The zero-order valence-corrected chi connectivity index (χ0v) is 12.5. The number of benzene rings is 2. The summed E-state index contributed by atoms with van der Waals surface area (Å²) in [6.07, 6.45) is 0. The maximum absolute atomic E-state index is 5.83. The molecule has 0 spiro atoms. The van der Waals surface area contributed by atoms with Crippen LogP contribution in [0.2, 0.25) is 0 Å². The van der Waals surface area contributed by atoms with Gasteiger partial charge in [0, 0.05) is 25.8 Å². The first-order chi connectivity index (χ1) is 8.16. The summed E-state index contributed by atoms with van der Waals surface area (Å²) in [4.78, 5) is 2.03. The van der Waals surface area contributed by atoms with Crippen molar-refractivity contribution in [3.8, 4) is 11.5 Å². The predicted octanol–water partition coefficient (Wildman–Crippen LogP) is 3.97. The molecule has 0 aliphatic rings. The van der Waals surface area contributed by atoms with Crippen LogP contribution in [-0.2, 0) is 0 Å². The maximum atomic E-state index is 5.83. The first kappa shape index (κ1) is 17.4. The Labute approximate surface area is 126 Å². The molecule has 19 heavy (non-hydrogen) atoms. The molecule has 5 heteroatoms. The van der Waals surface area contributed by atoms with Gasteiger partial charge in [-0.3, -0.25) is 0 Å². The molecule has 2 rings (SSSR count). The van der Waals surface area contributed by atoms with Crippen molar-refractivity contribution in [1.29, 1.82) is 0 Å². The SMILES string of the molecule is CN(C)c1cccc(Oc2ccccc2N)c1.Cl.Cl. The van der Waals surface area contributed by atoms with Crippen LogP contribution in [0.1, 0.15) is 0 Å². The number of hydrogen-bond donors (Lipinski definition) is 1. The minimum atomic E-state index is 0. The smallest absolute Gasteiger partial charge is 0.150 e. The Bertz CT molecular complexity index is 518. The number of nitrogen functional groups attached to an aromatic ring is 1. The van der Waals surface area contributed by atoms with Crippen LogP contribution in [0.15, 0.2) is 48.5 Å². The van der Waals surface area contributed by atoms with Crippen LogP contribution in [0.4, 0.5) is 11.4 Å². The standard InChI is InChI=1S/C14H16N2O.2ClH/c1-16(2)11-6-5-7-12(10-11)17-14-9-4-3-8-13(14)15;;/h3-10H,15H2,1-2H3;2*1H. The van der Waals surface area contributed by atoms with Crippen molar-refractivity contribution in [2.75, 3.05) is 24.7 Å². The summed E-state index contributed by atoms with van der Waals surface area (Å²) in [6.45, 7) is 0. The Morgan fingerprint density at radius 3 is 2.26 bits per heavy atom. The number of rotatable bonds is 3. The molecule has 2 N–H and O–H groups in total. The van der Waals surface area contributed by atoms with E-state index in [0.717, 1.165) is 11.4 Å². The number of para-hydroxylation sites is 2. The molecule has 0 heterocycles. The van der Waals surface area contributed by atoms with Gasteiger partial charge in [-0.05, 0) is 24.3 Å². The van der Waals surface area contributed by atoms with Crippen LogP contribution in [0.25, 0.3) is 0 Å². The van der Waals surface area contributed by atoms with Gasteiger partial charge >= 0.3 is 0 Å². The first-order valence-corrected chi connectivity index (χ1v) is 5.46. The van der Waals surface area contributed by atoms with E-state index in [-0.39, 0.29) is 24.8 Å². The highest BCUT2D eigenvalue weighted by Crippen LogP contribution is 2.28. The third kappa shape index (κ3) is 4.54. The minimum Gasteiger partial charge on any atom is -0.455 e. The summed E-state index contributed by atoms with van der Waals surface area (Å²) in [5.74, 6) is 1.47. The van der Waals surface area contributed by atoms with E-state index in [1.807, 2.05) is 67.5 Å². The van der Waals surface area contributed by atoms with E-state index in [2.05, 4.69) is 0 Å². The largest absolute Gasteiger partial charge is 0.455 e. The Morgan fingerprint density at radius 1 is 0.947 bits per heavy atom. The lowest BCUT2D eigenvalue weighted by atomic mass is 10.2. The second kappa shape index (κ2) is 7.77. The van der Waals surface area contributed by atoms with Crippen LogP contribution >= 0.6 is 24.8 Å². The number of nitrogens with two attached hydrogens (primary N) is 1.